The van der Waals surface area contributed by atoms with E-state index in [0.29, 0.717) is 23.8 Å². The molecule has 0 saturated carbocycles. The largest absolute Gasteiger partial charge is 0.332 e. The van der Waals surface area contributed by atoms with E-state index in [2.05, 4.69) is 24.5 Å². The van der Waals surface area contributed by atoms with Crippen molar-refractivity contribution in [2.45, 2.75) is 70.2 Å². The number of amides is 2. The fraction of sp³-hybridized carbons (Fsp3) is 0.857. The van der Waals surface area contributed by atoms with Crippen molar-refractivity contribution in [3.63, 3.8) is 0 Å². The van der Waals surface area contributed by atoms with Crippen LogP contribution in [0.5, 0.6) is 0 Å². The van der Waals surface area contributed by atoms with Crippen LogP contribution in [0.4, 0.5) is 4.79 Å². The summed E-state index contributed by atoms with van der Waals surface area (Å²) >= 11 is 1.93. The SMILES string of the molecule is CC(=O)CCCCC1SCC2NC(=O)NC21.CCC. The summed E-state index contributed by atoms with van der Waals surface area (Å²) in [5.41, 5.74) is 0. The van der Waals surface area contributed by atoms with E-state index in [-0.39, 0.29) is 11.8 Å². The quantitative estimate of drug-likeness (QED) is 0.603. The summed E-state index contributed by atoms with van der Waals surface area (Å²) in [6.45, 7) is 5.89. The number of unbranched alkanes of at least 4 members (excludes halogenated alkanes) is 1. The molecule has 2 fully saturated rings. The summed E-state index contributed by atoms with van der Waals surface area (Å²) < 4.78 is 0. The van der Waals surface area contributed by atoms with Crippen LogP contribution in [0.2, 0.25) is 0 Å². The molecule has 5 heteroatoms. The molecule has 0 aromatic heterocycles. The summed E-state index contributed by atoms with van der Waals surface area (Å²) in [5, 5.41) is 6.43. The third-order valence-electron chi connectivity index (χ3n) is 3.21. The lowest BCUT2D eigenvalue weighted by Gasteiger charge is -2.16. The number of nitrogens with one attached hydrogen (secondary N) is 2. The molecule has 2 amide bonds. The highest BCUT2D eigenvalue weighted by Crippen LogP contribution is 2.33. The number of ketones is 1. The normalized spacial score (nSPS) is 27.9. The summed E-state index contributed by atoms with van der Waals surface area (Å²) in [7, 11) is 0. The molecule has 0 aromatic carbocycles. The third kappa shape index (κ3) is 5.43. The molecule has 4 nitrogen and oxygen atoms in total. The van der Waals surface area contributed by atoms with Crippen molar-refractivity contribution < 1.29 is 9.59 Å². The zero-order valence-electron chi connectivity index (χ0n) is 12.2. The number of urea groups is 1. The van der Waals surface area contributed by atoms with E-state index >= 15 is 0 Å². The van der Waals surface area contributed by atoms with Gasteiger partial charge in [0.05, 0.1) is 12.1 Å². The van der Waals surface area contributed by atoms with Crippen molar-refractivity contribution in [1.82, 2.24) is 10.6 Å². The number of fused-ring (bicyclic) bond motifs is 1. The van der Waals surface area contributed by atoms with Crippen LogP contribution < -0.4 is 10.6 Å². The molecule has 0 spiro atoms. The Morgan fingerprint density at radius 1 is 1.32 bits per heavy atom. The molecule has 2 N–H and O–H groups in total. The van der Waals surface area contributed by atoms with Gasteiger partial charge in [-0.1, -0.05) is 26.7 Å². The summed E-state index contributed by atoms with van der Waals surface area (Å²) in [5.74, 6) is 1.29. The number of Topliss-reactive ketones (excluding diaryl/α,β-unsaturated/α-hetero) is 1. The lowest BCUT2D eigenvalue weighted by molar-refractivity contribution is -0.117. The maximum atomic E-state index is 11.1. The Morgan fingerprint density at radius 2 is 2.00 bits per heavy atom. The van der Waals surface area contributed by atoms with Gasteiger partial charge in [-0.2, -0.15) is 11.8 Å². The highest BCUT2D eigenvalue weighted by molar-refractivity contribution is 8.00. The van der Waals surface area contributed by atoms with Crippen molar-refractivity contribution in [3.05, 3.63) is 0 Å². The van der Waals surface area contributed by atoms with Gasteiger partial charge in [0.15, 0.2) is 0 Å². The predicted molar refractivity (Wildman–Crippen MR) is 80.6 cm³/mol. The molecular weight excluding hydrogens is 260 g/mol. The Morgan fingerprint density at radius 3 is 2.63 bits per heavy atom. The zero-order chi connectivity index (χ0) is 14.3. The van der Waals surface area contributed by atoms with Gasteiger partial charge in [-0.15, -0.1) is 0 Å². The van der Waals surface area contributed by atoms with Gasteiger partial charge in [0.2, 0.25) is 0 Å². The van der Waals surface area contributed by atoms with Gasteiger partial charge < -0.3 is 15.4 Å². The molecule has 3 atom stereocenters. The maximum absolute atomic E-state index is 11.1. The Bertz CT molecular complexity index is 310. The number of rotatable bonds is 5. The fourth-order valence-electron chi connectivity index (χ4n) is 2.36. The third-order valence-corrected chi connectivity index (χ3v) is 4.71. The van der Waals surface area contributed by atoms with Crippen LogP contribution >= 0.6 is 11.8 Å². The van der Waals surface area contributed by atoms with E-state index in [4.69, 9.17) is 0 Å². The minimum absolute atomic E-state index is 0.0240. The van der Waals surface area contributed by atoms with E-state index < -0.39 is 0 Å². The number of hydrogen-bond donors (Lipinski definition) is 2. The van der Waals surface area contributed by atoms with Crippen molar-refractivity contribution in [2.24, 2.45) is 0 Å². The Kier molecular flexibility index (Phi) is 7.28. The minimum Gasteiger partial charge on any atom is -0.332 e. The van der Waals surface area contributed by atoms with E-state index in [9.17, 15) is 9.59 Å². The number of carbonyl (C=O) groups is 2. The molecule has 2 saturated heterocycles. The van der Waals surface area contributed by atoms with Crippen LogP contribution in [-0.4, -0.2) is 34.9 Å². The number of thioether (sulfide) groups is 1. The summed E-state index contributed by atoms with van der Waals surface area (Å²) in [6.07, 6.45) is 5.10. The van der Waals surface area contributed by atoms with Gasteiger partial charge in [-0.25, -0.2) is 4.79 Å². The first-order valence-corrected chi connectivity index (χ1v) is 8.31. The fourth-order valence-corrected chi connectivity index (χ4v) is 3.91. The van der Waals surface area contributed by atoms with E-state index in [1.54, 1.807) is 6.92 Å². The molecule has 2 heterocycles. The van der Waals surface area contributed by atoms with Crippen LogP contribution in [0.1, 0.15) is 52.9 Å². The molecule has 3 unspecified atom stereocenters. The maximum Gasteiger partial charge on any atom is 0.315 e. The van der Waals surface area contributed by atoms with Gasteiger partial charge in [0.25, 0.3) is 0 Å². The second kappa shape index (κ2) is 8.46. The Balaban J connectivity index is 0.000000550. The van der Waals surface area contributed by atoms with Gasteiger partial charge in [-0.05, 0) is 19.8 Å². The molecule has 2 rings (SSSR count). The highest BCUT2D eigenvalue weighted by atomic mass is 32.2. The Hall–Kier alpha value is -0.710. The van der Waals surface area contributed by atoms with Gasteiger partial charge in [-0.3, -0.25) is 0 Å². The smallest absolute Gasteiger partial charge is 0.315 e. The molecule has 110 valence electrons. The molecule has 0 radical (unpaired) electrons. The van der Waals surface area contributed by atoms with Crippen LogP contribution in [0, 0.1) is 0 Å². The standard InChI is InChI=1S/C11H18N2O2S.C3H8/c1-7(14)4-2-3-5-9-10-8(6-16-9)12-11(15)13-10;1-3-2/h8-10H,2-6H2,1H3,(H2,12,13,15);3H2,1-2H3. The molecule has 0 bridgehead atoms. The average molecular weight is 286 g/mol. The van der Waals surface area contributed by atoms with Gasteiger partial charge >= 0.3 is 6.03 Å². The van der Waals surface area contributed by atoms with Gasteiger partial charge in [0, 0.05) is 17.4 Å². The second-order valence-electron chi connectivity index (χ2n) is 5.28. The van der Waals surface area contributed by atoms with Crippen molar-refractivity contribution in [1.29, 1.82) is 0 Å². The van der Waals surface area contributed by atoms with Crippen molar-refractivity contribution in [2.75, 3.05) is 5.75 Å². The van der Waals surface area contributed by atoms with Crippen LogP contribution in [0.15, 0.2) is 0 Å². The topological polar surface area (TPSA) is 58.2 Å². The minimum atomic E-state index is -0.0240. The first-order valence-electron chi connectivity index (χ1n) is 7.26. The summed E-state index contributed by atoms with van der Waals surface area (Å²) in [4.78, 5) is 21.9. The van der Waals surface area contributed by atoms with Crippen LogP contribution in [0.3, 0.4) is 0 Å². The predicted octanol–water partition coefficient (Wildman–Crippen LogP) is 2.72. The first kappa shape index (κ1) is 16.3. The van der Waals surface area contributed by atoms with Crippen LogP contribution in [-0.2, 0) is 4.79 Å². The molecule has 0 aromatic rings. The monoisotopic (exact) mass is 286 g/mol. The Labute approximate surface area is 120 Å². The molecular formula is C14H26N2O2S. The molecule has 2 aliphatic rings. The molecule has 2 aliphatic heterocycles. The van der Waals surface area contributed by atoms with E-state index in [1.165, 1.54) is 6.42 Å². The molecule has 0 aliphatic carbocycles. The average Bonchev–Trinajstić information content (AvgIpc) is 2.85. The zero-order valence-corrected chi connectivity index (χ0v) is 13.0. The van der Waals surface area contributed by atoms with Crippen molar-refractivity contribution >= 4 is 23.6 Å². The number of hydrogen-bond acceptors (Lipinski definition) is 3. The lowest BCUT2D eigenvalue weighted by Crippen LogP contribution is -2.36. The van der Waals surface area contributed by atoms with Crippen LogP contribution in [0.25, 0.3) is 0 Å². The highest BCUT2D eigenvalue weighted by Gasteiger charge is 2.42. The summed E-state index contributed by atoms with van der Waals surface area (Å²) in [6, 6.07) is 0.592. The first-order chi connectivity index (χ1) is 9.08. The lowest BCUT2D eigenvalue weighted by atomic mass is 10.0. The molecule has 19 heavy (non-hydrogen) atoms. The van der Waals surface area contributed by atoms with Crippen molar-refractivity contribution in [3.8, 4) is 0 Å². The number of carbonyl (C=O) groups excluding carboxylic acids is 2. The van der Waals surface area contributed by atoms with E-state index in [0.717, 1.165) is 25.0 Å². The van der Waals surface area contributed by atoms with E-state index in [1.807, 2.05) is 11.8 Å². The second-order valence-corrected chi connectivity index (χ2v) is 6.55. The van der Waals surface area contributed by atoms with Gasteiger partial charge in [0.1, 0.15) is 5.78 Å².